The Morgan fingerprint density at radius 2 is 0.871 bits per heavy atom. The largest absolute Gasteiger partial charge is 0.309 e. The zero-order chi connectivity index (χ0) is 46.3. The number of benzene rings is 10. The van der Waals surface area contributed by atoms with Gasteiger partial charge in [0, 0.05) is 44.0 Å². The maximum Gasteiger partial charge on any atom is 0.161 e. The van der Waals surface area contributed by atoms with Gasteiger partial charge in [0.05, 0.1) is 34.0 Å². The highest BCUT2D eigenvalue weighted by Gasteiger charge is 2.52. The Morgan fingerprint density at radius 1 is 0.400 bits per heavy atom. The van der Waals surface area contributed by atoms with Crippen LogP contribution in [0.3, 0.4) is 0 Å². The van der Waals surface area contributed by atoms with Crippen molar-refractivity contribution in [2.75, 3.05) is 0 Å². The maximum absolute atomic E-state index is 5.59. The number of amidine groups is 2. The fourth-order valence-electron chi connectivity index (χ4n) is 11.9. The molecule has 0 atom stereocenters. The van der Waals surface area contributed by atoms with Crippen LogP contribution in [0.2, 0.25) is 0 Å². The van der Waals surface area contributed by atoms with Crippen LogP contribution in [0, 0.1) is 0 Å². The van der Waals surface area contributed by atoms with E-state index in [1.807, 2.05) is 0 Å². The number of hydrogen-bond acceptors (Lipinski definition) is 1. The molecule has 0 unspecified atom stereocenters. The lowest BCUT2D eigenvalue weighted by Crippen LogP contribution is -2.28. The van der Waals surface area contributed by atoms with Crippen LogP contribution >= 0.6 is 0 Å². The van der Waals surface area contributed by atoms with Crippen molar-refractivity contribution in [3.63, 3.8) is 0 Å². The molecule has 1 spiro atoms. The lowest BCUT2D eigenvalue weighted by Gasteiger charge is -2.32. The molecule has 5 nitrogen and oxygen atoms in total. The summed E-state index contributed by atoms with van der Waals surface area (Å²) in [6, 6.07) is 85.0. The Labute approximate surface area is 405 Å². The first-order chi connectivity index (χ1) is 34.7. The summed E-state index contributed by atoms with van der Waals surface area (Å²) in [4.78, 5) is 16.0. The van der Waals surface area contributed by atoms with Crippen molar-refractivity contribution in [3.05, 3.63) is 276 Å². The molecular formula is C65H43N5. The van der Waals surface area contributed by atoms with Gasteiger partial charge >= 0.3 is 0 Å². The summed E-state index contributed by atoms with van der Waals surface area (Å²) in [6.45, 7) is 4.66. The fraction of sp³-hybridized carbons (Fsp3) is 0.0308. The minimum absolute atomic E-state index is 0.400. The van der Waals surface area contributed by atoms with E-state index < -0.39 is 5.41 Å². The molecule has 2 heterocycles. The highest BCUT2D eigenvalue weighted by Crippen LogP contribution is 2.63. The third-order valence-electron chi connectivity index (χ3n) is 14.7. The number of fused-ring (bicyclic) bond motifs is 16. The van der Waals surface area contributed by atoms with Crippen molar-refractivity contribution >= 4 is 62.0 Å². The molecule has 0 radical (unpaired) electrons. The van der Waals surface area contributed by atoms with E-state index in [-0.39, 0.29) is 0 Å². The molecule has 2 aliphatic carbocycles. The van der Waals surface area contributed by atoms with Gasteiger partial charge in [-0.1, -0.05) is 170 Å². The topological polar surface area (TPSA) is 46.9 Å². The summed E-state index contributed by atoms with van der Waals surface area (Å²) in [5.74, 6) is 1.11. The van der Waals surface area contributed by atoms with E-state index in [1.165, 1.54) is 60.8 Å². The first kappa shape index (κ1) is 39.9. The van der Waals surface area contributed by atoms with Gasteiger partial charge in [-0.05, 0) is 124 Å². The summed E-state index contributed by atoms with van der Waals surface area (Å²) in [6.07, 6.45) is 0. The number of rotatable bonds is 6. The first-order valence-electron chi connectivity index (χ1n) is 23.9. The monoisotopic (exact) mass is 893 g/mol. The zero-order valence-corrected chi connectivity index (χ0v) is 38.2. The third kappa shape index (κ3) is 5.75. The molecule has 0 saturated heterocycles. The third-order valence-corrected chi connectivity index (χ3v) is 14.7. The van der Waals surface area contributed by atoms with Crippen LogP contribution in [0.4, 0.5) is 0 Å². The van der Waals surface area contributed by atoms with E-state index in [0.717, 1.165) is 55.4 Å². The second-order valence-corrected chi connectivity index (χ2v) is 18.3. The van der Waals surface area contributed by atoms with E-state index >= 15 is 0 Å². The van der Waals surface area contributed by atoms with Crippen molar-refractivity contribution in [2.24, 2.45) is 15.0 Å². The number of aromatic nitrogens is 2. The molecule has 2 aromatic heterocycles. The van der Waals surface area contributed by atoms with Crippen molar-refractivity contribution in [3.8, 4) is 33.6 Å². The summed E-state index contributed by atoms with van der Waals surface area (Å²) >= 11 is 0. The normalized spacial score (nSPS) is 13.5. The molecule has 70 heavy (non-hydrogen) atoms. The molecule has 5 heteroatoms. The van der Waals surface area contributed by atoms with Gasteiger partial charge in [-0.15, -0.1) is 0 Å². The second kappa shape index (κ2) is 15.7. The molecule has 12 aromatic rings. The second-order valence-electron chi connectivity index (χ2n) is 18.3. The number of aliphatic imine (C=N–C) groups is 3. The van der Waals surface area contributed by atoms with Gasteiger partial charge in [0.15, 0.2) is 11.7 Å². The Balaban J connectivity index is 0.987. The number of hydrogen-bond donors (Lipinski definition) is 0. The van der Waals surface area contributed by atoms with Crippen molar-refractivity contribution in [2.45, 2.75) is 12.0 Å². The van der Waals surface area contributed by atoms with Crippen LogP contribution < -0.4 is 0 Å². The van der Waals surface area contributed by atoms with Gasteiger partial charge in [-0.2, -0.15) is 0 Å². The van der Waals surface area contributed by atoms with Crippen LogP contribution in [-0.2, 0) is 12.0 Å². The smallest absolute Gasteiger partial charge is 0.161 e. The van der Waals surface area contributed by atoms with Crippen LogP contribution in [0.25, 0.3) is 77.2 Å². The van der Waals surface area contributed by atoms with Crippen LogP contribution in [-0.4, -0.2) is 27.5 Å². The Hall–Kier alpha value is -9.19. The quantitative estimate of drug-likeness (QED) is 0.118. The minimum atomic E-state index is -0.592. The zero-order valence-electron chi connectivity index (χ0n) is 38.2. The maximum atomic E-state index is 5.59. The van der Waals surface area contributed by atoms with E-state index in [2.05, 4.69) is 252 Å². The molecule has 0 bridgehead atoms. The molecule has 14 rings (SSSR count). The SMILES string of the molecule is C=NC(=NC(=NCc1ccc2c(c1)c1ccccc1n2-c1ccccc1)c1ccc2c(c1)c1ccccc1n2-c1ccccc1)c1cccc2c1C1(c3ccccc3-c3ccccc31)c1ccccc1-2. The van der Waals surface area contributed by atoms with E-state index in [9.17, 15) is 0 Å². The average Bonchev–Trinajstić information content (AvgIpc) is 4.13. The molecule has 0 N–H and O–H groups in total. The van der Waals surface area contributed by atoms with Gasteiger partial charge in [0.25, 0.3) is 0 Å². The Bertz CT molecular complexity index is 4110. The summed E-state index contributed by atoms with van der Waals surface area (Å²) in [5.41, 5.74) is 19.0. The Kier molecular flexibility index (Phi) is 8.95. The van der Waals surface area contributed by atoms with E-state index in [1.54, 1.807) is 0 Å². The highest BCUT2D eigenvalue weighted by molar-refractivity contribution is 6.18. The summed E-state index contributed by atoms with van der Waals surface area (Å²) < 4.78 is 4.69. The molecular weight excluding hydrogens is 851 g/mol. The molecule has 2 aliphatic rings. The summed E-state index contributed by atoms with van der Waals surface area (Å²) in [7, 11) is 0. The number of nitrogens with zero attached hydrogens (tertiary/aromatic N) is 5. The van der Waals surface area contributed by atoms with Gasteiger partial charge < -0.3 is 9.13 Å². The molecule has 328 valence electrons. The fourth-order valence-corrected chi connectivity index (χ4v) is 11.9. The Morgan fingerprint density at radius 3 is 1.46 bits per heavy atom. The van der Waals surface area contributed by atoms with E-state index in [4.69, 9.17) is 15.0 Å². The highest BCUT2D eigenvalue weighted by atomic mass is 15.0. The minimum Gasteiger partial charge on any atom is -0.309 e. The lowest BCUT2D eigenvalue weighted by molar-refractivity contribution is 0.791. The van der Waals surface area contributed by atoms with Gasteiger partial charge in [-0.25, -0.2) is 9.98 Å². The van der Waals surface area contributed by atoms with Crippen LogP contribution in [0.1, 0.15) is 38.9 Å². The van der Waals surface area contributed by atoms with E-state index in [0.29, 0.717) is 18.2 Å². The van der Waals surface area contributed by atoms with Crippen LogP contribution in [0.5, 0.6) is 0 Å². The van der Waals surface area contributed by atoms with Crippen molar-refractivity contribution in [1.29, 1.82) is 0 Å². The van der Waals surface area contributed by atoms with Crippen LogP contribution in [0.15, 0.2) is 252 Å². The molecule has 0 aliphatic heterocycles. The van der Waals surface area contributed by atoms with Gasteiger partial charge in [0.2, 0.25) is 0 Å². The molecule has 10 aromatic carbocycles. The summed E-state index contributed by atoms with van der Waals surface area (Å²) in [5, 5.41) is 4.67. The lowest BCUT2D eigenvalue weighted by atomic mass is 9.69. The van der Waals surface area contributed by atoms with Gasteiger partial charge in [0.1, 0.15) is 0 Å². The standard InChI is InChI=1S/C65H43N5/c1-66-64(52-29-18-28-51-48-25-10-15-32-57(48)65(62(51)52)55-30-13-8-23-46(55)47-24-9-14-31-56(47)65)68-63(43-36-38-61-54(40-43)50-27-12-17-34-59(50)70(61)45-21-6-3-7-22-45)67-41-42-35-37-60-53(39-42)49-26-11-16-33-58(49)69(60)44-19-4-2-5-20-44/h2-40H,1,41H2. The predicted octanol–water partition coefficient (Wildman–Crippen LogP) is 15.3. The van der Waals surface area contributed by atoms with Crippen molar-refractivity contribution in [1.82, 2.24) is 9.13 Å². The molecule has 0 amide bonds. The first-order valence-corrected chi connectivity index (χ1v) is 23.9. The predicted molar refractivity (Wildman–Crippen MR) is 291 cm³/mol. The average molecular weight is 894 g/mol. The van der Waals surface area contributed by atoms with Gasteiger partial charge in [-0.3, -0.25) is 4.99 Å². The number of para-hydroxylation sites is 4. The molecule has 0 saturated carbocycles. The van der Waals surface area contributed by atoms with Crippen molar-refractivity contribution < 1.29 is 0 Å². The molecule has 0 fully saturated rings.